The smallest absolute Gasteiger partial charge is 0.364 e. The highest BCUT2D eigenvalue weighted by Gasteiger charge is 2.31. The van der Waals surface area contributed by atoms with E-state index < -0.39 is 32.9 Å². The molecule has 7 nitrogen and oxygen atoms in total. The van der Waals surface area contributed by atoms with E-state index in [2.05, 4.69) is 15.3 Å². The molecule has 3 rings (SSSR count). The molecule has 0 bridgehead atoms. The highest BCUT2D eigenvalue weighted by molar-refractivity contribution is 7.90. The second-order valence-corrected chi connectivity index (χ2v) is 9.07. The molecule has 1 amide bonds. The van der Waals surface area contributed by atoms with E-state index in [0.717, 1.165) is 24.6 Å². The van der Waals surface area contributed by atoms with E-state index in [9.17, 15) is 31.2 Å². The number of alkyl halides is 3. The van der Waals surface area contributed by atoms with E-state index >= 15 is 0 Å². The van der Waals surface area contributed by atoms with Gasteiger partial charge < -0.3 is 10.3 Å². The number of rotatable bonds is 5. The van der Waals surface area contributed by atoms with Crippen LogP contribution in [0.1, 0.15) is 27.3 Å². The van der Waals surface area contributed by atoms with Gasteiger partial charge in [0, 0.05) is 29.9 Å². The normalized spacial score (nSPS) is 11.9. The molecule has 0 spiro atoms. The van der Waals surface area contributed by atoms with Crippen molar-refractivity contribution in [3.63, 3.8) is 0 Å². The summed E-state index contributed by atoms with van der Waals surface area (Å²) in [5.41, 5.74) is -1.26. The van der Waals surface area contributed by atoms with Crippen LogP contribution in [-0.2, 0) is 22.6 Å². The van der Waals surface area contributed by atoms with Crippen LogP contribution >= 0.6 is 0 Å². The summed E-state index contributed by atoms with van der Waals surface area (Å²) in [7, 11) is -3.41. The number of carbonyl (C=O) groups is 1. The Morgan fingerprint density at radius 2 is 1.91 bits per heavy atom. The summed E-state index contributed by atoms with van der Waals surface area (Å²) >= 11 is 0. The molecule has 0 saturated carbocycles. The van der Waals surface area contributed by atoms with Gasteiger partial charge in [0.15, 0.2) is 9.84 Å². The summed E-state index contributed by atoms with van der Waals surface area (Å²) < 4.78 is 62.1. The first-order valence-corrected chi connectivity index (χ1v) is 11.1. The van der Waals surface area contributed by atoms with Gasteiger partial charge in [-0.2, -0.15) is 13.2 Å². The number of hydrogen-bond donors (Lipinski definition) is 2. The van der Waals surface area contributed by atoms with Crippen molar-refractivity contribution in [1.29, 1.82) is 0 Å². The molecular weight excluding hydrogens is 447 g/mol. The molecule has 0 saturated heterocycles. The van der Waals surface area contributed by atoms with Crippen molar-refractivity contribution < 1.29 is 26.4 Å². The lowest BCUT2D eigenvalue weighted by Crippen LogP contribution is -2.29. The first-order valence-electron chi connectivity index (χ1n) is 9.21. The molecule has 0 radical (unpaired) electrons. The third-order valence-corrected chi connectivity index (χ3v) is 5.76. The topological polar surface area (TPSA) is 109 Å². The molecule has 2 N–H and O–H groups in total. The van der Waals surface area contributed by atoms with E-state index in [0.29, 0.717) is 11.4 Å². The van der Waals surface area contributed by atoms with E-state index in [4.69, 9.17) is 0 Å². The lowest BCUT2D eigenvalue weighted by atomic mass is 9.99. The largest absolute Gasteiger partial charge is 0.416 e. The van der Waals surface area contributed by atoms with Gasteiger partial charge in [-0.15, -0.1) is 0 Å². The summed E-state index contributed by atoms with van der Waals surface area (Å²) in [5.74, 6) is -0.756. The van der Waals surface area contributed by atoms with Crippen molar-refractivity contribution >= 4 is 15.7 Å². The molecule has 0 atom stereocenters. The molecule has 0 aliphatic heterocycles. The molecule has 0 aliphatic carbocycles. The van der Waals surface area contributed by atoms with E-state index in [1.54, 1.807) is 0 Å². The van der Waals surface area contributed by atoms with Crippen LogP contribution < -0.4 is 10.7 Å². The minimum absolute atomic E-state index is 0.0216. The molecule has 2 aromatic heterocycles. The molecule has 32 heavy (non-hydrogen) atoms. The summed E-state index contributed by atoms with van der Waals surface area (Å²) in [6, 6.07) is 7.06. The predicted octanol–water partition coefficient (Wildman–Crippen LogP) is 3.10. The van der Waals surface area contributed by atoms with Crippen molar-refractivity contribution in [3.8, 4) is 11.1 Å². The number of aryl methyl sites for hydroxylation is 1. The number of sulfone groups is 1. The van der Waals surface area contributed by atoms with Crippen molar-refractivity contribution in [1.82, 2.24) is 15.3 Å². The first-order chi connectivity index (χ1) is 14.9. The fourth-order valence-electron chi connectivity index (χ4n) is 2.99. The van der Waals surface area contributed by atoms with Gasteiger partial charge in [-0.3, -0.25) is 14.6 Å². The number of amides is 1. The third-order valence-electron chi connectivity index (χ3n) is 4.66. The first kappa shape index (κ1) is 23.2. The number of halogens is 3. The third kappa shape index (κ3) is 5.05. The SMILES string of the molecule is Cc1[nH]cc(C(=O)NCc2ccc(S(C)(=O)=O)cn2)c(=O)c1-c1cccc(C(F)(F)F)c1. The average molecular weight is 465 g/mol. The van der Waals surface area contributed by atoms with Gasteiger partial charge in [0.1, 0.15) is 5.56 Å². The van der Waals surface area contributed by atoms with Gasteiger partial charge >= 0.3 is 6.18 Å². The summed E-state index contributed by atoms with van der Waals surface area (Å²) in [6.07, 6.45) is -1.20. The lowest BCUT2D eigenvalue weighted by molar-refractivity contribution is -0.137. The van der Waals surface area contributed by atoms with E-state index in [1.165, 1.54) is 37.4 Å². The number of carbonyl (C=O) groups excluding carboxylic acids is 1. The second kappa shape index (κ2) is 8.58. The number of nitrogens with one attached hydrogen (secondary N) is 2. The highest BCUT2D eigenvalue weighted by Crippen LogP contribution is 2.32. The summed E-state index contributed by atoms with van der Waals surface area (Å²) in [6.45, 7) is 1.43. The van der Waals surface area contributed by atoms with Crippen molar-refractivity contribution in [2.45, 2.75) is 24.5 Å². The van der Waals surface area contributed by atoms with Crippen LogP contribution in [0.3, 0.4) is 0 Å². The molecule has 168 valence electrons. The number of hydrogen-bond acceptors (Lipinski definition) is 5. The minimum atomic E-state index is -4.58. The van der Waals surface area contributed by atoms with Crippen LogP contribution in [0.5, 0.6) is 0 Å². The fourth-order valence-corrected chi connectivity index (χ4v) is 3.55. The van der Waals surface area contributed by atoms with Crippen molar-refractivity contribution in [2.24, 2.45) is 0 Å². The number of benzene rings is 1. The molecule has 0 fully saturated rings. The summed E-state index contributed by atoms with van der Waals surface area (Å²) in [5, 5.41) is 2.50. The lowest BCUT2D eigenvalue weighted by Gasteiger charge is -2.12. The molecule has 2 heterocycles. The van der Waals surface area contributed by atoms with Crippen molar-refractivity contribution in [2.75, 3.05) is 6.26 Å². The van der Waals surface area contributed by atoms with Gasteiger partial charge in [0.05, 0.1) is 22.7 Å². The zero-order chi connectivity index (χ0) is 23.7. The maximum Gasteiger partial charge on any atom is 0.416 e. The Labute approximate surface area is 181 Å². The molecular formula is C21H18F3N3O4S. The number of H-pyrrole nitrogens is 1. The highest BCUT2D eigenvalue weighted by atomic mass is 32.2. The number of nitrogens with zero attached hydrogens (tertiary/aromatic N) is 1. The number of pyridine rings is 2. The quantitative estimate of drug-likeness (QED) is 0.602. The van der Waals surface area contributed by atoms with Gasteiger partial charge in [0.25, 0.3) is 5.91 Å². The van der Waals surface area contributed by atoms with Crippen LogP contribution in [0.15, 0.2) is 58.5 Å². The zero-order valence-corrected chi connectivity index (χ0v) is 17.8. The maximum atomic E-state index is 13.1. The average Bonchev–Trinajstić information content (AvgIpc) is 2.71. The predicted molar refractivity (Wildman–Crippen MR) is 111 cm³/mol. The Kier molecular flexibility index (Phi) is 6.22. The van der Waals surface area contributed by atoms with E-state index in [1.807, 2.05) is 0 Å². The van der Waals surface area contributed by atoms with Gasteiger partial charge in [0.2, 0.25) is 5.43 Å². The monoisotopic (exact) mass is 465 g/mol. The Balaban J connectivity index is 1.87. The molecule has 3 aromatic rings. The Morgan fingerprint density at radius 1 is 1.19 bits per heavy atom. The van der Waals surface area contributed by atoms with Crippen LogP contribution in [0.2, 0.25) is 0 Å². The van der Waals surface area contributed by atoms with Gasteiger partial charge in [-0.1, -0.05) is 12.1 Å². The summed E-state index contributed by atoms with van der Waals surface area (Å²) in [4.78, 5) is 32.2. The Bertz CT molecular complexity index is 1330. The van der Waals surface area contributed by atoms with Crippen LogP contribution in [0, 0.1) is 6.92 Å². The van der Waals surface area contributed by atoms with Crippen LogP contribution in [0.4, 0.5) is 13.2 Å². The Hall–Kier alpha value is -3.47. The minimum Gasteiger partial charge on any atom is -0.364 e. The van der Waals surface area contributed by atoms with Crippen molar-refractivity contribution in [3.05, 3.63) is 81.5 Å². The van der Waals surface area contributed by atoms with Crippen LogP contribution in [-0.4, -0.2) is 30.5 Å². The fraction of sp³-hybridized carbons (Fsp3) is 0.190. The van der Waals surface area contributed by atoms with Gasteiger partial charge in [-0.25, -0.2) is 8.42 Å². The van der Waals surface area contributed by atoms with E-state index in [-0.39, 0.29) is 28.1 Å². The zero-order valence-electron chi connectivity index (χ0n) is 16.9. The molecule has 1 aromatic carbocycles. The Morgan fingerprint density at radius 3 is 2.50 bits per heavy atom. The van der Waals surface area contributed by atoms with Gasteiger partial charge in [-0.05, 0) is 36.8 Å². The number of aromatic nitrogens is 2. The standard InChI is InChI=1S/C21H18F3N3O4S/c1-12-18(13-4-3-5-14(8-13)21(22,23)24)19(28)17(11-25-12)20(29)27-9-15-6-7-16(10-26-15)32(2,30)31/h3-8,10-11H,9H2,1-2H3,(H,25,28)(H,27,29). The number of aromatic amines is 1. The molecule has 11 heteroatoms. The second-order valence-electron chi connectivity index (χ2n) is 7.05. The molecule has 0 aliphatic rings. The maximum absolute atomic E-state index is 13.1. The molecule has 0 unspecified atom stereocenters. The van der Waals surface area contributed by atoms with Crippen LogP contribution in [0.25, 0.3) is 11.1 Å².